The van der Waals surface area contributed by atoms with Gasteiger partial charge in [-0.25, -0.2) is 0 Å². The molecule has 0 fully saturated rings. The van der Waals surface area contributed by atoms with Crippen LogP contribution in [0.3, 0.4) is 0 Å². The molecule has 0 aromatic heterocycles. The van der Waals surface area contributed by atoms with Crippen molar-refractivity contribution in [3.05, 3.63) is 58.6 Å². The number of rotatable bonds is 5. The van der Waals surface area contributed by atoms with Crippen LogP contribution in [0, 0.1) is 0 Å². The second kappa shape index (κ2) is 6.59. The Hall–Kier alpha value is -1.52. The second-order valence-electron chi connectivity index (χ2n) is 4.19. The van der Waals surface area contributed by atoms with Crippen molar-refractivity contribution in [1.29, 1.82) is 0 Å². The first-order valence-electron chi connectivity index (χ1n) is 6.00. The van der Waals surface area contributed by atoms with Gasteiger partial charge in [0.1, 0.15) is 5.75 Å². The van der Waals surface area contributed by atoms with Crippen LogP contribution in [0.5, 0.6) is 5.75 Å². The maximum Gasteiger partial charge on any atom is 0.122 e. The molecular weight excluding hydrogens is 306 g/mol. The van der Waals surface area contributed by atoms with Crippen molar-refractivity contribution >= 4 is 21.6 Å². The molecule has 0 saturated carbocycles. The Labute approximate surface area is 121 Å². The molecule has 0 bridgehead atoms. The molecule has 0 saturated heterocycles. The molecule has 2 rings (SSSR count). The Kier molecular flexibility index (Phi) is 4.82. The molecular formula is C15H16BrNO2. The van der Waals surface area contributed by atoms with Gasteiger partial charge in [0.15, 0.2) is 0 Å². The number of ether oxygens (including phenoxy) is 1. The molecule has 0 radical (unpaired) electrons. The minimum atomic E-state index is -0.536. The summed E-state index contributed by atoms with van der Waals surface area (Å²) in [6, 6.07) is 15.3. The van der Waals surface area contributed by atoms with E-state index >= 15 is 0 Å². The maximum absolute atomic E-state index is 10.1. The van der Waals surface area contributed by atoms with Crippen LogP contribution < -0.4 is 10.1 Å². The Morgan fingerprint density at radius 2 is 1.95 bits per heavy atom. The van der Waals surface area contributed by atoms with Gasteiger partial charge in [-0.1, -0.05) is 46.3 Å². The average Bonchev–Trinajstić information content (AvgIpc) is 2.45. The van der Waals surface area contributed by atoms with Gasteiger partial charge in [-0.3, -0.25) is 0 Å². The van der Waals surface area contributed by atoms with E-state index in [9.17, 15) is 5.11 Å². The molecule has 1 atom stereocenters. The zero-order chi connectivity index (χ0) is 13.7. The molecule has 4 heteroatoms. The Balaban J connectivity index is 2.01. The number of hydrogen-bond acceptors (Lipinski definition) is 3. The number of nitrogens with one attached hydrogen (secondary N) is 1. The van der Waals surface area contributed by atoms with Gasteiger partial charge >= 0.3 is 0 Å². The van der Waals surface area contributed by atoms with E-state index in [-0.39, 0.29) is 0 Å². The lowest BCUT2D eigenvalue weighted by atomic mass is 10.1. The van der Waals surface area contributed by atoms with Crippen molar-refractivity contribution < 1.29 is 9.84 Å². The van der Waals surface area contributed by atoms with Crippen LogP contribution >= 0.6 is 15.9 Å². The van der Waals surface area contributed by atoms with E-state index in [1.807, 2.05) is 48.5 Å². The highest BCUT2D eigenvalue weighted by Gasteiger charge is 2.07. The highest BCUT2D eigenvalue weighted by atomic mass is 79.9. The van der Waals surface area contributed by atoms with E-state index in [0.29, 0.717) is 6.54 Å². The fourth-order valence-corrected chi connectivity index (χ4v) is 2.26. The first kappa shape index (κ1) is 13.9. The number of aliphatic hydroxyl groups excluding tert-OH is 1. The van der Waals surface area contributed by atoms with E-state index in [1.54, 1.807) is 7.11 Å². The van der Waals surface area contributed by atoms with Crippen molar-refractivity contribution in [3.8, 4) is 5.75 Å². The molecule has 2 aromatic carbocycles. The lowest BCUT2D eigenvalue weighted by Crippen LogP contribution is -2.12. The van der Waals surface area contributed by atoms with E-state index in [4.69, 9.17) is 4.74 Å². The lowest BCUT2D eigenvalue weighted by Gasteiger charge is -2.14. The third kappa shape index (κ3) is 3.98. The van der Waals surface area contributed by atoms with Crippen molar-refractivity contribution in [1.82, 2.24) is 0 Å². The smallest absolute Gasteiger partial charge is 0.122 e. The summed E-state index contributed by atoms with van der Waals surface area (Å²) in [6.45, 7) is 0.448. The zero-order valence-corrected chi connectivity index (χ0v) is 12.2. The third-order valence-corrected chi connectivity index (χ3v) is 3.25. The number of anilines is 1. The molecule has 0 heterocycles. The summed E-state index contributed by atoms with van der Waals surface area (Å²) in [5.41, 5.74) is 1.80. The minimum Gasteiger partial charge on any atom is -0.497 e. The van der Waals surface area contributed by atoms with Crippen LogP contribution in [0.25, 0.3) is 0 Å². The molecule has 0 amide bonds. The fourth-order valence-electron chi connectivity index (χ4n) is 1.79. The normalized spacial score (nSPS) is 11.9. The van der Waals surface area contributed by atoms with E-state index in [1.165, 1.54) is 0 Å². The van der Waals surface area contributed by atoms with Gasteiger partial charge in [-0.2, -0.15) is 0 Å². The summed E-state index contributed by atoms with van der Waals surface area (Å²) >= 11 is 3.42. The zero-order valence-electron chi connectivity index (χ0n) is 10.6. The standard InChI is InChI=1S/C15H16BrNO2/c1-19-14-8-12(16)7-13(9-14)17-10-15(18)11-5-3-2-4-6-11/h2-9,15,17-18H,10H2,1H3. The Bertz CT molecular complexity index is 531. The van der Waals surface area contributed by atoms with Crippen molar-refractivity contribution in [3.63, 3.8) is 0 Å². The summed E-state index contributed by atoms with van der Waals surface area (Å²) in [7, 11) is 1.63. The fraction of sp³-hybridized carbons (Fsp3) is 0.200. The van der Waals surface area contributed by atoms with Crippen LogP contribution in [-0.2, 0) is 0 Å². The molecule has 0 aliphatic carbocycles. The molecule has 2 N–H and O–H groups in total. The number of hydrogen-bond donors (Lipinski definition) is 2. The highest BCUT2D eigenvalue weighted by molar-refractivity contribution is 9.10. The SMILES string of the molecule is COc1cc(Br)cc(NCC(O)c2ccccc2)c1. The van der Waals surface area contributed by atoms with Gasteiger partial charge in [0, 0.05) is 22.8 Å². The maximum atomic E-state index is 10.1. The van der Waals surface area contributed by atoms with Crippen LogP contribution in [0.4, 0.5) is 5.69 Å². The van der Waals surface area contributed by atoms with Crippen LogP contribution in [0.1, 0.15) is 11.7 Å². The molecule has 19 heavy (non-hydrogen) atoms. The summed E-state index contributed by atoms with van der Waals surface area (Å²) in [5.74, 6) is 0.770. The van der Waals surface area contributed by atoms with Crippen molar-refractivity contribution in [2.75, 3.05) is 19.0 Å². The number of benzene rings is 2. The van der Waals surface area contributed by atoms with Crippen LogP contribution in [0.2, 0.25) is 0 Å². The number of aliphatic hydroxyl groups is 1. The van der Waals surface area contributed by atoms with E-state index in [2.05, 4.69) is 21.2 Å². The quantitative estimate of drug-likeness (QED) is 0.884. The van der Waals surface area contributed by atoms with E-state index in [0.717, 1.165) is 21.5 Å². The van der Waals surface area contributed by atoms with E-state index < -0.39 is 6.10 Å². The van der Waals surface area contributed by atoms with Gasteiger partial charge in [-0.05, 0) is 17.7 Å². The number of halogens is 1. The van der Waals surface area contributed by atoms with Crippen molar-refractivity contribution in [2.24, 2.45) is 0 Å². The Morgan fingerprint density at radius 1 is 1.21 bits per heavy atom. The first-order chi connectivity index (χ1) is 9.19. The molecule has 0 aliphatic rings. The first-order valence-corrected chi connectivity index (χ1v) is 6.80. The highest BCUT2D eigenvalue weighted by Crippen LogP contribution is 2.25. The third-order valence-electron chi connectivity index (χ3n) is 2.79. The minimum absolute atomic E-state index is 0.448. The molecule has 1 unspecified atom stereocenters. The predicted octanol–water partition coefficient (Wildman–Crippen LogP) is 3.60. The van der Waals surface area contributed by atoms with Gasteiger partial charge in [-0.15, -0.1) is 0 Å². The van der Waals surface area contributed by atoms with Crippen LogP contribution in [0.15, 0.2) is 53.0 Å². The molecule has 100 valence electrons. The molecule has 0 aliphatic heterocycles. The molecule has 3 nitrogen and oxygen atoms in total. The van der Waals surface area contributed by atoms with Gasteiger partial charge < -0.3 is 15.2 Å². The summed E-state index contributed by atoms with van der Waals surface area (Å²) in [4.78, 5) is 0. The van der Waals surface area contributed by atoms with Crippen molar-refractivity contribution in [2.45, 2.75) is 6.10 Å². The largest absolute Gasteiger partial charge is 0.497 e. The predicted molar refractivity (Wildman–Crippen MR) is 80.6 cm³/mol. The number of methoxy groups -OCH3 is 1. The van der Waals surface area contributed by atoms with Gasteiger partial charge in [0.05, 0.1) is 13.2 Å². The summed E-state index contributed by atoms with van der Waals surface area (Å²) < 4.78 is 6.13. The Morgan fingerprint density at radius 3 is 2.63 bits per heavy atom. The molecule has 2 aromatic rings. The monoisotopic (exact) mass is 321 g/mol. The average molecular weight is 322 g/mol. The van der Waals surface area contributed by atoms with Gasteiger partial charge in [0.25, 0.3) is 0 Å². The second-order valence-corrected chi connectivity index (χ2v) is 5.10. The van der Waals surface area contributed by atoms with Gasteiger partial charge in [0.2, 0.25) is 0 Å². The summed E-state index contributed by atoms with van der Waals surface area (Å²) in [5, 5.41) is 13.3. The topological polar surface area (TPSA) is 41.5 Å². The molecule has 0 spiro atoms. The van der Waals surface area contributed by atoms with Crippen LogP contribution in [-0.4, -0.2) is 18.8 Å². The lowest BCUT2D eigenvalue weighted by molar-refractivity contribution is 0.191. The summed E-state index contributed by atoms with van der Waals surface area (Å²) in [6.07, 6.45) is -0.536.